The van der Waals surface area contributed by atoms with E-state index in [4.69, 9.17) is 23.2 Å². The molecule has 3 atom stereocenters. The number of anilines is 1. The molecule has 1 heterocycles. The van der Waals surface area contributed by atoms with Crippen molar-refractivity contribution < 1.29 is 9.90 Å². The molecule has 1 aliphatic heterocycles. The van der Waals surface area contributed by atoms with Gasteiger partial charge in [0, 0.05) is 33.1 Å². The van der Waals surface area contributed by atoms with Crippen molar-refractivity contribution in [1.82, 2.24) is 0 Å². The fourth-order valence-corrected chi connectivity index (χ4v) is 4.46. The number of halogens is 2. The molecule has 0 radical (unpaired) electrons. The Kier molecular flexibility index (Phi) is 3.10. The summed E-state index contributed by atoms with van der Waals surface area (Å²) in [6.07, 6.45) is 0.739. The molecule has 112 valence electrons. The monoisotopic (exact) mass is 333 g/mol. The average molecular weight is 334 g/mol. The first-order valence-electron chi connectivity index (χ1n) is 7.12. The first-order chi connectivity index (χ1) is 10.6. The lowest BCUT2D eigenvalue weighted by Gasteiger charge is -2.36. The smallest absolute Gasteiger partial charge is 0.326 e. The van der Waals surface area contributed by atoms with Crippen molar-refractivity contribution in [1.29, 1.82) is 0 Å². The van der Waals surface area contributed by atoms with Crippen molar-refractivity contribution in [3.05, 3.63) is 63.1 Å². The highest BCUT2D eigenvalue weighted by Crippen LogP contribution is 2.52. The Balaban J connectivity index is 1.96. The maximum absolute atomic E-state index is 11.7. The summed E-state index contributed by atoms with van der Waals surface area (Å²) >= 11 is 12.5. The van der Waals surface area contributed by atoms with Crippen LogP contribution in [0.3, 0.4) is 0 Å². The Morgan fingerprint density at radius 1 is 1.23 bits per heavy atom. The lowest BCUT2D eigenvalue weighted by Crippen LogP contribution is -2.42. The summed E-state index contributed by atoms with van der Waals surface area (Å²) in [7, 11) is 0. The Labute approximate surface area is 137 Å². The van der Waals surface area contributed by atoms with Crippen LogP contribution in [0.5, 0.6) is 0 Å². The number of hydrogen-bond donors (Lipinski definition) is 2. The van der Waals surface area contributed by atoms with Crippen LogP contribution in [0.25, 0.3) is 0 Å². The van der Waals surface area contributed by atoms with Crippen LogP contribution in [0.2, 0.25) is 10.0 Å². The Morgan fingerprint density at radius 2 is 2.00 bits per heavy atom. The van der Waals surface area contributed by atoms with Crippen LogP contribution < -0.4 is 5.32 Å². The zero-order chi connectivity index (χ0) is 15.4. The number of carbonyl (C=O) groups is 1. The van der Waals surface area contributed by atoms with Gasteiger partial charge in [0.05, 0.1) is 0 Å². The lowest BCUT2D eigenvalue weighted by atomic mass is 9.77. The minimum Gasteiger partial charge on any atom is -0.480 e. The molecule has 0 bridgehead atoms. The van der Waals surface area contributed by atoms with E-state index in [1.165, 1.54) is 11.1 Å². The van der Waals surface area contributed by atoms with E-state index in [0.717, 1.165) is 17.7 Å². The molecule has 2 aliphatic rings. The van der Waals surface area contributed by atoms with Crippen molar-refractivity contribution in [3.8, 4) is 0 Å². The van der Waals surface area contributed by atoms with Gasteiger partial charge in [-0.3, -0.25) is 0 Å². The minimum atomic E-state index is -0.843. The van der Waals surface area contributed by atoms with Crippen molar-refractivity contribution in [2.45, 2.75) is 18.4 Å². The second kappa shape index (κ2) is 4.90. The van der Waals surface area contributed by atoms with Crippen LogP contribution >= 0.6 is 23.2 Å². The fourth-order valence-electron chi connectivity index (χ4n) is 3.85. The normalized spacial score (nSPS) is 24.9. The number of benzene rings is 2. The van der Waals surface area contributed by atoms with Gasteiger partial charge in [0.1, 0.15) is 6.04 Å². The summed E-state index contributed by atoms with van der Waals surface area (Å²) in [6, 6.07) is 11.0. The van der Waals surface area contributed by atoms with E-state index in [-0.39, 0.29) is 11.8 Å². The second-order valence-corrected chi connectivity index (χ2v) is 6.70. The second-order valence-electron chi connectivity index (χ2n) is 5.85. The molecule has 3 nitrogen and oxygen atoms in total. The van der Waals surface area contributed by atoms with Crippen molar-refractivity contribution in [2.24, 2.45) is 5.92 Å². The van der Waals surface area contributed by atoms with Gasteiger partial charge in [-0.15, -0.1) is 0 Å². The number of carboxylic acid groups (broad SMARTS) is 1. The first-order valence-corrected chi connectivity index (χ1v) is 7.88. The van der Waals surface area contributed by atoms with E-state index in [1.54, 1.807) is 12.1 Å². The Hall–Kier alpha value is -1.71. The summed E-state index contributed by atoms with van der Waals surface area (Å²) in [4.78, 5) is 11.7. The number of fused-ring (bicyclic) bond motifs is 5. The largest absolute Gasteiger partial charge is 0.480 e. The minimum absolute atomic E-state index is 0.00156. The van der Waals surface area contributed by atoms with Gasteiger partial charge in [-0.1, -0.05) is 47.5 Å². The third-order valence-electron chi connectivity index (χ3n) is 4.68. The molecular formula is C17H13Cl2NO2. The predicted octanol–water partition coefficient (Wildman–Crippen LogP) is 4.18. The van der Waals surface area contributed by atoms with Crippen molar-refractivity contribution in [3.63, 3.8) is 0 Å². The van der Waals surface area contributed by atoms with Gasteiger partial charge in [-0.2, -0.15) is 0 Å². The standard InChI is InChI=1S/C17H13Cl2NO2/c18-9-6-12(19)15-13(7-9)20-16(17(21)22)11-5-8-3-1-2-4-10(8)14(11)15/h1-4,6-7,11,14,16,20H,5H2,(H,21,22). The predicted molar refractivity (Wildman–Crippen MR) is 87.0 cm³/mol. The number of rotatable bonds is 1. The van der Waals surface area contributed by atoms with Crippen LogP contribution in [0.15, 0.2) is 36.4 Å². The molecule has 0 aromatic heterocycles. The SMILES string of the molecule is O=C(O)C1Nc2cc(Cl)cc(Cl)c2C2c3ccccc3CC12. The van der Waals surface area contributed by atoms with Crippen LogP contribution in [0, 0.1) is 5.92 Å². The van der Waals surface area contributed by atoms with Gasteiger partial charge < -0.3 is 10.4 Å². The zero-order valence-electron chi connectivity index (χ0n) is 11.5. The highest BCUT2D eigenvalue weighted by atomic mass is 35.5. The van der Waals surface area contributed by atoms with Crippen LogP contribution in [0.4, 0.5) is 5.69 Å². The average Bonchev–Trinajstić information content (AvgIpc) is 2.84. The maximum atomic E-state index is 11.7. The molecule has 0 spiro atoms. The van der Waals surface area contributed by atoms with Gasteiger partial charge in [0.25, 0.3) is 0 Å². The van der Waals surface area contributed by atoms with Crippen molar-refractivity contribution in [2.75, 3.05) is 5.32 Å². The maximum Gasteiger partial charge on any atom is 0.326 e. The number of nitrogens with one attached hydrogen (secondary N) is 1. The summed E-state index contributed by atoms with van der Waals surface area (Å²) in [6.45, 7) is 0. The fraction of sp³-hybridized carbons (Fsp3) is 0.235. The molecule has 0 saturated carbocycles. The molecule has 2 N–H and O–H groups in total. The van der Waals surface area contributed by atoms with E-state index in [1.807, 2.05) is 12.1 Å². The quantitative estimate of drug-likeness (QED) is 0.823. The lowest BCUT2D eigenvalue weighted by molar-refractivity contribution is -0.139. The molecular weight excluding hydrogens is 321 g/mol. The highest BCUT2D eigenvalue weighted by molar-refractivity contribution is 6.35. The van der Waals surface area contributed by atoms with Crippen LogP contribution in [-0.4, -0.2) is 17.1 Å². The van der Waals surface area contributed by atoms with Crippen molar-refractivity contribution >= 4 is 34.9 Å². The third kappa shape index (κ3) is 1.93. The van der Waals surface area contributed by atoms with Gasteiger partial charge in [-0.25, -0.2) is 4.79 Å². The zero-order valence-corrected chi connectivity index (χ0v) is 13.0. The Bertz CT molecular complexity index is 790. The van der Waals surface area contributed by atoms with E-state index in [9.17, 15) is 9.90 Å². The number of carboxylic acids is 1. The van der Waals surface area contributed by atoms with Gasteiger partial charge in [0.2, 0.25) is 0 Å². The molecule has 2 aromatic carbocycles. The van der Waals surface area contributed by atoms with E-state index < -0.39 is 12.0 Å². The summed E-state index contributed by atoms with van der Waals surface area (Å²) in [5.74, 6) is -0.885. The van der Waals surface area contributed by atoms with Gasteiger partial charge in [0.15, 0.2) is 0 Å². The van der Waals surface area contributed by atoms with E-state index >= 15 is 0 Å². The third-order valence-corrected chi connectivity index (χ3v) is 5.22. The number of aliphatic carboxylic acids is 1. The molecule has 3 unspecified atom stereocenters. The first kappa shape index (κ1) is 13.9. The van der Waals surface area contributed by atoms with Gasteiger partial charge >= 0.3 is 5.97 Å². The van der Waals surface area contributed by atoms with E-state index in [2.05, 4.69) is 17.4 Å². The topological polar surface area (TPSA) is 49.3 Å². The molecule has 22 heavy (non-hydrogen) atoms. The highest BCUT2D eigenvalue weighted by Gasteiger charge is 2.46. The summed E-state index contributed by atoms with van der Waals surface area (Å²) in [5, 5.41) is 13.8. The summed E-state index contributed by atoms with van der Waals surface area (Å²) in [5.41, 5.74) is 4.05. The molecule has 5 heteroatoms. The Morgan fingerprint density at radius 3 is 2.77 bits per heavy atom. The molecule has 1 aliphatic carbocycles. The summed E-state index contributed by atoms with van der Waals surface area (Å²) < 4.78 is 0. The molecule has 0 saturated heterocycles. The van der Waals surface area contributed by atoms with Crippen LogP contribution in [0.1, 0.15) is 22.6 Å². The van der Waals surface area contributed by atoms with Crippen LogP contribution in [-0.2, 0) is 11.2 Å². The van der Waals surface area contributed by atoms with Gasteiger partial charge in [-0.05, 0) is 29.7 Å². The molecule has 0 fully saturated rings. The molecule has 4 rings (SSSR count). The van der Waals surface area contributed by atoms with E-state index in [0.29, 0.717) is 10.0 Å². The molecule has 0 amide bonds. The number of hydrogen-bond acceptors (Lipinski definition) is 2. The molecule has 2 aromatic rings.